The molecule has 6 atom stereocenters. The van der Waals surface area contributed by atoms with Gasteiger partial charge >= 0.3 is 17.9 Å². The van der Waals surface area contributed by atoms with E-state index in [-0.39, 0.29) is 54.0 Å². The Hall–Kier alpha value is -7.20. The summed E-state index contributed by atoms with van der Waals surface area (Å²) in [4.78, 5) is 43.4. The molecule has 0 amide bonds. The van der Waals surface area contributed by atoms with E-state index < -0.39 is 0 Å². The smallest absolute Gasteiger partial charge is 0.317 e. The molecule has 0 aliphatic rings. The minimum Gasteiger partial charge on any atom is -0.457 e. The number of rotatable bonds is 12. The predicted octanol–water partition coefficient (Wildman–Crippen LogP) is 12.7. The Morgan fingerprint density at radius 3 is 0.833 bits per heavy atom. The highest BCUT2D eigenvalue weighted by atomic mass is 16.5. The third kappa shape index (κ3) is 23.5. The topological polar surface area (TPSA) is 136 Å². The van der Waals surface area contributed by atoms with Gasteiger partial charge in [-0.25, -0.2) is 0 Å². The van der Waals surface area contributed by atoms with Gasteiger partial charge in [0.15, 0.2) is 0 Å². The molecule has 0 spiro atoms. The molecule has 0 fully saturated rings. The standard InChI is InChI=1S/C17H18O2.2C11H12O2.2C8H10O.C2H4O/c1-13(15-9-5-3-6-10-15)17(18)19-14(2)16-11-7-4-8-12-16;2*1-3-13-11(12)9(2)10-7-5-4-6-8-10;2*1-7(9)8-5-3-2-4-6-8;1-2-3/h3-14H,1-2H3;2*3-9H,1H2,2H3;2*2-7,9H,1H3;2H,1H3/t13-,14-;9-;;7-;;/m10.0../s1. The highest BCUT2D eigenvalue weighted by Gasteiger charge is 2.20. The summed E-state index contributed by atoms with van der Waals surface area (Å²) in [5, 5.41) is 18.0. The minimum absolute atomic E-state index is 0.192. The average Bonchev–Trinajstić information content (AvgIpc) is 3.36. The monoisotopic (exact) mass is 894 g/mol. The summed E-state index contributed by atoms with van der Waals surface area (Å²) >= 11 is 0. The molecule has 0 aliphatic heterocycles. The van der Waals surface area contributed by atoms with Crippen molar-refractivity contribution >= 4 is 24.2 Å². The van der Waals surface area contributed by atoms with Crippen LogP contribution in [0.4, 0.5) is 0 Å². The molecule has 9 heteroatoms. The number of esters is 3. The van der Waals surface area contributed by atoms with E-state index in [0.717, 1.165) is 52.2 Å². The second kappa shape index (κ2) is 34.2. The van der Waals surface area contributed by atoms with Gasteiger partial charge in [0.1, 0.15) is 12.4 Å². The van der Waals surface area contributed by atoms with Crippen LogP contribution >= 0.6 is 0 Å². The number of aliphatic hydroxyl groups excluding tert-OH is 2. The number of carbonyl (C=O) groups excluding carboxylic acids is 4. The molecule has 0 bridgehead atoms. The van der Waals surface area contributed by atoms with Gasteiger partial charge in [-0.3, -0.25) is 14.4 Å². The van der Waals surface area contributed by atoms with E-state index >= 15 is 0 Å². The lowest BCUT2D eigenvalue weighted by molar-refractivity contribution is -0.150. The van der Waals surface area contributed by atoms with Crippen LogP contribution in [0.1, 0.15) is 118 Å². The van der Waals surface area contributed by atoms with Crippen LogP contribution in [0.3, 0.4) is 0 Å². The van der Waals surface area contributed by atoms with E-state index in [9.17, 15) is 14.4 Å². The Bertz CT molecular complexity index is 2090. The predicted molar refractivity (Wildman–Crippen MR) is 264 cm³/mol. The fourth-order valence-corrected chi connectivity index (χ4v) is 5.53. The summed E-state index contributed by atoms with van der Waals surface area (Å²) < 4.78 is 14.9. The first kappa shape index (κ1) is 56.8. The molecule has 0 radical (unpaired) electrons. The molecule has 9 nitrogen and oxygen atoms in total. The number of ether oxygens (including phenoxy) is 3. The van der Waals surface area contributed by atoms with Crippen LogP contribution in [0.5, 0.6) is 0 Å². The summed E-state index contributed by atoms with van der Waals surface area (Å²) in [6, 6.07) is 57.6. The maximum absolute atomic E-state index is 12.1. The lowest BCUT2D eigenvalue weighted by atomic mass is 10.0. The van der Waals surface area contributed by atoms with Crippen molar-refractivity contribution in [2.24, 2.45) is 0 Å². The van der Waals surface area contributed by atoms with Gasteiger partial charge in [0.2, 0.25) is 0 Å². The Labute approximate surface area is 392 Å². The van der Waals surface area contributed by atoms with Gasteiger partial charge < -0.3 is 29.2 Å². The third-order valence-corrected chi connectivity index (χ3v) is 9.48. The van der Waals surface area contributed by atoms with Crippen LogP contribution in [0, 0.1) is 0 Å². The van der Waals surface area contributed by atoms with Gasteiger partial charge in [0.05, 0.1) is 42.5 Å². The number of hydrogen-bond donors (Lipinski definition) is 2. The molecule has 6 rings (SSSR count). The lowest BCUT2D eigenvalue weighted by Gasteiger charge is -2.17. The molecule has 6 aromatic carbocycles. The highest BCUT2D eigenvalue weighted by Crippen LogP contribution is 2.23. The van der Waals surface area contributed by atoms with Crippen molar-refractivity contribution in [2.45, 2.75) is 84.5 Å². The van der Waals surface area contributed by atoms with Gasteiger partial charge in [-0.15, -0.1) is 0 Å². The molecule has 0 aromatic heterocycles. The summed E-state index contributed by atoms with van der Waals surface area (Å²) in [7, 11) is 0. The van der Waals surface area contributed by atoms with Gasteiger partial charge in [0, 0.05) is 0 Å². The molecule has 0 aliphatic carbocycles. The molecule has 6 aromatic rings. The Kier molecular flexibility index (Phi) is 29.5. The van der Waals surface area contributed by atoms with Gasteiger partial charge in [0.25, 0.3) is 0 Å². The number of benzene rings is 6. The van der Waals surface area contributed by atoms with E-state index in [1.807, 2.05) is 196 Å². The van der Waals surface area contributed by atoms with Gasteiger partial charge in [-0.05, 0) is 81.8 Å². The minimum atomic E-state index is -0.341. The van der Waals surface area contributed by atoms with Crippen molar-refractivity contribution in [2.75, 3.05) is 0 Å². The second-order valence-electron chi connectivity index (χ2n) is 14.5. The Morgan fingerprint density at radius 2 is 0.621 bits per heavy atom. The largest absolute Gasteiger partial charge is 0.457 e. The summed E-state index contributed by atoms with van der Waals surface area (Å²) in [6.07, 6.45) is 2.15. The molecule has 2 unspecified atom stereocenters. The van der Waals surface area contributed by atoms with Crippen LogP contribution in [0.2, 0.25) is 0 Å². The zero-order valence-electron chi connectivity index (χ0n) is 39.2. The van der Waals surface area contributed by atoms with Gasteiger partial charge in [-0.1, -0.05) is 195 Å². The van der Waals surface area contributed by atoms with Crippen molar-refractivity contribution in [3.63, 3.8) is 0 Å². The SMILES string of the molecule is C=COC(=O)C(C)c1ccccc1.C=COC(=O)[C@@H](C)c1ccccc1.CC(O)c1ccccc1.CC=O.C[C@@H](OC(=O)[C@H](C)c1ccccc1)c1ccccc1.C[C@H](O)c1ccccc1. The lowest BCUT2D eigenvalue weighted by Crippen LogP contribution is -2.15. The molecular weight excluding hydrogens is 829 g/mol. The molecule has 66 heavy (non-hydrogen) atoms. The third-order valence-electron chi connectivity index (χ3n) is 9.48. The summed E-state index contributed by atoms with van der Waals surface area (Å²) in [5.41, 5.74) is 5.84. The van der Waals surface area contributed by atoms with Crippen molar-refractivity contribution < 1.29 is 43.6 Å². The molecule has 348 valence electrons. The number of aliphatic hydroxyl groups is 2. The molecule has 0 saturated carbocycles. The maximum Gasteiger partial charge on any atom is 0.317 e. The first-order valence-electron chi connectivity index (χ1n) is 21.6. The first-order valence-corrected chi connectivity index (χ1v) is 21.6. The van der Waals surface area contributed by atoms with Crippen LogP contribution in [0.15, 0.2) is 208 Å². The van der Waals surface area contributed by atoms with Crippen molar-refractivity contribution in [1.82, 2.24) is 0 Å². The summed E-state index contributed by atoms with van der Waals surface area (Å²) in [6.45, 7) is 19.0. The van der Waals surface area contributed by atoms with Crippen molar-refractivity contribution in [1.29, 1.82) is 0 Å². The number of carbonyl (C=O) groups is 4. The van der Waals surface area contributed by atoms with Crippen LogP contribution < -0.4 is 0 Å². The van der Waals surface area contributed by atoms with E-state index in [1.54, 1.807) is 27.7 Å². The Morgan fingerprint density at radius 1 is 0.409 bits per heavy atom. The summed E-state index contributed by atoms with van der Waals surface area (Å²) in [5.74, 6) is -1.46. The Balaban J connectivity index is 0.000000417. The zero-order valence-corrected chi connectivity index (χ0v) is 39.2. The average molecular weight is 895 g/mol. The van der Waals surface area contributed by atoms with Crippen molar-refractivity contribution in [3.05, 3.63) is 241 Å². The fraction of sp³-hybridized carbons (Fsp3) is 0.228. The van der Waals surface area contributed by atoms with Crippen LogP contribution in [0.25, 0.3) is 0 Å². The van der Waals surface area contributed by atoms with E-state index in [2.05, 4.69) is 22.6 Å². The van der Waals surface area contributed by atoms with E-state index in [4.69, 9.17) is 19.7 Å². The second-order valence-corrected chi connectivity index (χ2v) is 14.5. The maximum atomic E-state index is 12.1. The fourth-order valence-electron chi connectivity index (χ4n) is 5.53. The highest BCUT2D eigenvalue weighted by molar-refractivity contribution is 5.79. The molecule has 0 heterocycles. The normalized spacial score (nSPS) is 12.3. The molecule has 2 N–H and O–H groups in total. The quantitative estimate of drug-likeness (QED) is 0.0532. The zero-order chi connectivity index (χ0) is 49.1. The number of aldehydes is 1. The molecular formula is C57H66O9. The van der Waals surface area contributed by atoms with Gasteiger partial charge in [-0.2, -0.15) is 0 Å². The molecule has 0 saturated heterocycles. The van der Waals surface area contributed by atoms with E-state index in [0.29, 0.717) is 0 Å². The van der Waals surface area contributed by atoms with Crippen LogP contribution in [-0.2, 0) is 33.4 Å². The van der Waals surface area contributed by atoms with Crippen LogP contribution in [-0.4, -0.2) is 34.4 Å². The first-order chi connectivity index (χ1) is 31.7. The van der Waals surface area contributed by atoms with E-state index in [1.165, 1.54) is 6.92 Å². The number of hydrogen-bond acceptors (Lipinski definition) is 9. The van der Waals surface area contributed by atoms with Crippen molar-refractivity contribution in [3.8, 4) is 0 Å².